The summed E-state index contributed by atoms with van der Waals surface area (Å²) in [6, 6.07) is 12.8. The minimum absolute atomic E-state index is 0.0321. The molecule has 23 heavy (non-hydrogen) atoms. The molecule has 6 heteroatoms. The van der Waals surface area contributed by atoms with Crippen molar-refractivity contribution in [2.75, 3.05) is 11.9 Å². The summed E-state index contributed by atoms with van der Waals surface area (Å²) in [5, 5.41) is 3.00. The molecule has 5 nitrogen and oxygen atoms in total. The quantitative estimate of drug-likeness (QED) is 0.823. The summed E-state index contributed by atoms with van der Waals surface area (Å²) < 4.78 is 4.99. The summed E-state index contributed by atoms with van der Waals surface area (Å²) in [5.41, 5.74) is 1.05. The van der Waals surface area contributed by atoms with E-state index >= 15 is 0 Å². The van der Waals surface area contributed by atoms with Crippen LogP contribution in [0.25, 0.3) is 0 Å². The van der Waals surface area contributed by atoms with Crippen molar-refractivity contribution in [2.45, 2.75) is 19.3 Å². The van der Waals surface area contributed by atoms with Gasteiger partial charge in [-0.3, -0.25) is 9.59 Å². The zero-order valence-electron chi connectivity index (χ0n) is 12.7. The van der Waals surface area contributed by atoms with Crippen LogP contribution in [-0.4, -0.2) is 23.5 Å². The monoisotopic (exact) mass is 332 g/mol. The molecule has 0 spiro atoms. The molecule has 1 atom stereocenters. The van der Waals surface area contributed by atoms with Gasteiger partial charge in [0.25, 0.3) is 5.91 Å². The van der Waals surface area contributed by atoms with Gasteiger partial charge in [-0.1, -0.05) is 48.9 Å². The molecule has 1 amide bonds. The van der Waals surface area contributed by atoms with Gasteiger partial charge in [0.2, 0.25) is 0 Å². The van der Waals surface area contributed by atoms with E-state index < -0.39 is 11.9 Å². The second-order valence-electron chi connectivity index (χ2n) is 5.09. The molecule has 0 bridgehead atoms. The third-order valence-corrected chi connectivity index (χ3v) is 3.42. The molecule has 1 N–H and O–H groups in total. The van der Waals surface area contributed by atoms with Gasteiger partial charge in [-0.2, -0.15) is 0 Å². The number of rotatable bonds is 6. The van der Waals surface area contributed by atoms with Gasteiger partial charge in [0.05, 0.1) is 11.4 Å². The molecule has 2 rings (SSSR count). The lowest BCUT2D eigenvalue weighted by Gasteiger charge is -2.11. The first-order valence-electron chi connectivity index (χ1n) is 7.16. The van der Waals surface area contributed by atoms with Gasteiger partial charge in [0.15, 0.2) is 6.61 Å². The molecule has 0 unspecified atom stereocenters. The van der Waals surface area contributed by atoms with Crippen molar-refractivity contribution in [2.24, 2.45) is 0 Å². The summed E-state index contributed by atoms with van der Waals surface area (Å²) in [4.78, 5) is 27.4. The van der Waals surface area contributed by atoms with Gasteiger partial charge in [-0.25, -0.2) is 4.98 Å². The van der Waals surface area contributed by atoms with E-state index in [1.807, 2.05) is 37.3 Å². The molecule has 0 aliphatic rings. The Morgan fingerprint density at radius 1 is 1.22 bits per heavy atom. The number of ether oxygens (including phenoxy) is 1. The highest BCUT2D eigenvalue weighted by molar-refractivity contribution is 6.30. The number of carbonyl (C=O) groups excluding carboxylic acids is 2. The first-order valence-corrected chi connectivity index (χ1v) is 7.54. The van der Waals surface area contributed by atoms with Crippen molar-refractivity contribution in [1.82, 2.24) is 4.98 Å². The van der Waals surface area contributed by atoms with Crippen molar-refractivity contribution < 1.29 is 14.3 Å². The Morgan fingerprint density at radius 2 is 1.96 bits per heavy atom. The van der Waals surface area contributed by atoms with Crippen LogP contribution >= 0.6 is 11.6 Å². The van der Waals surface area contributed by atoms with E-state index in [2.05, 4.69) is 10.3 Å². The second kappa shape index (κ2) is 8.29. The Bertz CT molecular complexity index is 659. The molecule has 0 saturated carbocycles. The molecule has 0 saturated heterocycles. The number of aromatic nitrogens is 1. The number of pyridine rings is 1. The number of esters is 1. The topological polar surface area (TPSA) is 68.3 Å². The van der Waals surface area contributed by atoms with Gasteiger partial charge in [0.1, 0.15) is 5.82 Å². The number of benzene rings is 1. The van der Waals surface area contributed by atoms with E-state index in [4.69, 9.17) is 16.3 Å². The molecule has 1 aromatic carbocycles. The maximum absolute atomic E-state index is 11.8. The van der Waals surface area contributed by atoms with Crippen LogP contribution in [0.1, 0.15) is 24.8 Å². The molecule has 0 fully saturated rings. The molecule has 0 radical (unpaired) electrons. The average Bonchev–Trinajstić information content (AvgIpc) is 2.56. The van der Waals surface area contributed by atoms with Crippen molar-refractivity contribution in [1.29, 1.82) is 0 Å². The third-order valence-electron chi connectivity index (χ3n) is 3.20. The maximum Gasteiger partial charge on any atom is 0.306 e. The largest absolute Gasteiger partial charge is 0.456 e. The van der Waals surface area contributed by atoms with E-state index in [0.717, 1.165) is 5.56 Å². The van der Waals surface area contributed by atoms with Gasteiger partial charge in [-0.15, -0.1) is 0 Å². The van der Waals surface area contributed by atoms with E-state index in [0.29, 0.717) is 10.8 Å². The van der Waals surface area contributed by atoms with Crippen LogP contribution in [0.4, 0.5) is 5.82 Å². The highest BCUT2D eigenvalue weighted by Gasteiger charge is 2.14. The zero-order chi connectivity index (χ0) is 16.7. The van der Waals surface area contributed by atoms with Gasteiger partial charge >= 0.3 is 5.97 Å². The average molecular weight is 333 g/mol. The number of halogens is 1. The zero-order valence-corrected chi connectivity index (χ0v) is 13.4. The number of carbonyl (C=O) groups is 2. The van der Waals surface area contributed by atoms with Crippen molar-refractivity contribution in [3.63, 3.8) is 0 Å². The van der Waals surface area contributed by atoms with Gasteiger partial charge in [0, 0.05) is 6.20 Å². The summed E-state index contributed by atoms with van der Waals surface area (Å²) >= 11 is 5.71. The van der Waals surface area contributed by atoms with Crippen LogP contribution < -0.4 is 5.32 Å². The van der Waals surface area contributed by atoms with Crippen molar-refractivity contribution in [3.8, 4) is 0 Å². The van der Waals surface area contributed by atoms with E-state index in [1.165, 1.54) is 6.20 Å². The van der Waals surface area contributed by atoms with E-state index in [-0.39, 0.29) is 18.9 Å². The van der Waals surface area contributed by atoms with E-state index in [9.17, 15) is 9.59 Å². The van der Waals surface area contributed by atoms with Crippen LogP contribution in [0.3, 0.4) is 0 Å². The number of nitrogens with one attached hydrogen (secondary N) is 1. The molecule has 0 aliphatic carbocycles. The first-order chi connectivity index (χ1) is 11.0. The highest BCUT2D eigenvalue weighted by Crippen LogP contribution is 2.18. The minimum Gasteiger partial charge on any atom is -0.456 e. The molecule has 0 aliphatic heterocycles. The second-order valence-corrected chi connectivity index (χ2v) is 5.52. The summed E-state index contributed by atoms with van der Waals surface area (Å²) in [5.74, 6) is -0.473. The summed E-state index contributed by atoms with van der Waals surface area (Å²) in [7, 11) is 0. The first kappa shape index (κ1) is 17.0. The number of hydrogen-bond acceptors (Lipinski definition) is 4. The molecule has 120 valence electrons. The fourth-order valence-corrected chi connectivity index (χ4v) is 2.09. The predicted molar refractivity (Wildman–Crippen MR) is 88.3 cm³/mol. The Balaban J connectivity index is 1.75. The van der Waals surface area contributed by atoms with E-state index in [1.54, 1.807) is 12.1 Å². The van der Waals surface area contributed by atoms with Crippen LogP contribution in [0.15, 0.2) is 48.7 Å². The van der Waals surface area contributed by atoms with Crippen LogP contribution in [0, 0.1) is 0 Å². The lowest BCUT2D eigenvalue weighted by Crippen LogP contribution is -2.21. The van der Waals surface area contributed by atoms with Crippen LogP contribution in [0.5, 0.6) is 0 Å². The number of amides is 1. The predicted octanol–water partition coefficient (Wildman–Crippen LogP) is 3.41. The molecule has 1 aromatic heterocycles. The van der Waals surface area contributed by atoms with Crippen LogP contribution in [-0.2, 0) is 14.3 Å². The Hall–Kier alpha value is -2.40. The Kier molecular flexibility index (Phi) is 6.11. The van der Waals surface area contributed by atoms with Gasteiger partial charge in [-0.05, 0) is 23.6 Å². The fraction of sp³-hybridized carbons (Fsp3) is 0.235. The summed E-state index contributed by atoms with van der Waals surface area (Å²) in [6.07, 6.45) is 1.64. The lowest BCUT2D eigenvalue weighted by atomic mass is 9.98. The van der Waals surface area contributed by atoms with Crippen molar-refractivity contribution >= 4 is 29.3 Å². The minimum atomic E-state index is -0.444. The third kappa shape index (κ3) is 5.71. The summed E-state index contributed by atoms with van der Waals surface area (Å²) in [6.45, 7) is 1.60. The standard InChI is InChI=1S/C17H17ClN2O3/c1-12(13-5-3-2-4-6-13)9-17(22)23-11-16(21)20-15-8-7-14(18)10-19-15/h2-8,10,12H,9,11H2,1H3,(H,19,20,21)/t12-/m0/s1. The fourth-order valence-electron chi connectivity index (χ4n) is 1.98. The SMILES string of the molecule is C[C@@H](CC(=O)OCC(=O)Nc1ccc(Cl)cn1)c1ccccc1. The molecular formula is C17H17ClN2O3. The number of anilines is 1. The normalized spacial score (nSPS) is 11.6. The lowest BCUT2D eigenvalue weighted by molar-refractivity contribution is -0.147. The highest BCUT2D eigenvalue weighted by atomic mass is 35.5. The Labute approximate surface area is 139 Å². The molecular weight excluding hydrogens is 316 g/mol. The smallest absolute Gasteiger partial charge is 0.306 e. The maximum atomic E-state index is 11.8. The van der Waals surface area contributed by atoms with Crippen molar-refractivity contribution in [3.05, 3.63) is 59.2 Å². The van der Waals surface area contributed by atoms with Crippen LogP contribution in [0.2, 0.25) is 5.02 Å². The number of hydrogen-bond donors (Lipinski definition) is 1. The number of nitrogens with zero attached hydrogens (tertiary/aromatic N) is 1. The van der Waals surface area contributed by atoms with Gasteiger partial charge < -0.3 is 10.1 Å². The molecule has 1 heterocycles. The molecule has 2 aromatic rings. The Morgan fingerprint density at radius 3 is 2.61 bits per heavy atom.